The van der Waals surface area contributed by atoms with Crippen LogP contribution in [0.3, 0.4) is 0 Å². The third-order valence-electron chi connectivity index (χ3n) is 3.37. The van der Waals surface area contributed by atoms with Gasteiger partial charge >= 0.3 is 0 Å². The molecular formula is C13H24N2. The highest BCUT2D eigenvalue weighted by Gasteiger charge is 2.17. The molecule has 1 rings (SSSR count). The molecule has 0 saturated carbocycles. The molecular weight excluding hydrogens is 184 g/mol. The first-order chi connectivity index (χ1) is 7.11. The minimum atomic E-state index is 0.707. The maximum atomic E-state index is 4.50. The molecule has 0 saturated heterocycles. The number of nitrogens with zero attached hydrogens (tertiary/aromatic N) is 2. The van der Waals surface area contributed by atoms with E-state index in [1.165, 1.54) is 42.6 Å². The first-order valence-electron chi connectivity index (χ1n) is 6.11. The molecule has 0 spiro atoms. The van der Waals surface area contributed by atoms with E-state index in [1.54, 1.807) is 0 Å². The highest BCUT2D eigenvalue weighted by atomic mass is 15.3. The van der Waals surface area contributed by atoms with Crippen molar-refractivity contribution in [2.75, 3.05) is 0 Å². The van der Waals surface area contributed by atoms with Gasteiger partial charge in [-0.3, -0.25) is 4.68 Å². The summed E-state index contributed by atoms with van der Waals surface area (Å²) in [4.78, 5) is 0. The molecule has 0 radical (unpaired) electrons. The maximum absolute atomic E-state index is 4.50. The van der Waals surface area contributed by atoms with Gasteiger partial charge in [-0.05, 0) is 38.2 Å². The van der Waals surface area contributed by atoms with Gasteiger partial charge < -0.3 is 0 Å². The quantitative estimate of drug-likeness (QED) is 0.721. The lowest BCUT2D eigenvalue weighted by Gasteiger charge is -2.15. The van der Waals surface area contributed by atoms with Crippen LogP contribution in [0.15, 0.2) is 0 Å². The van der Waals surface area contributed by atoms with Gasteiger partial charge in [-0.15, -0.1) is 0 Å². The lowest BCUT2D eigenvalue weighted by atomic mass is 9.90. The molecule has 1 unspecified atom stereocenters. The second-order valence-electron chi connectivity index (χ2n) is 4.46. The molecule has 2 nitrogen and oxygen atoms in total. The van der Waals surface area contributed by atoms with Crippen LogP contribution in [0.2, 0.25) is 0 Å². The van der Waals surface area contributed by atoms with E-state index in [0.29, 0.717) is 5.92 Å². The molecule has 0 N–H and O–H groups in total. The SMILES string of the molecule is CCCCC(CC)c1c(C)nn(C)c1C. The normalized spacial score (nSPS) is 13.1. The number of rotatable bonds is 5. The Morgan fingerprint density at radius 1 is 1.27 bits per heavy atom. The second-order valence-corrected chi connectivity index (χ2v) is 4.46. The zero-order chi connectivity index (χ0) is 11.4. The zero-order valence-corrected chi connectivity index (χ0v) is 10.8. The highest BCUT2D eigenvalue weighted by Crippen LogP contribution is 2.30. The highest BCUT2D eigenvalue weighted by molar-refractivity contribution is 5.28. The summed E-state index contributed by atoms with van der Waals surface area (Å²) in [7, 11) is 2.04. The Kier molecular flexibility index (Phi) is 4.37. The van der Waals surface area contributed by atoms with Crippen LogP contribution in [0.1, 0.15) is 62.4 Å². The average Bonchev–Trinajstić information content (AvgIpc) is 2.45. The number of hydrogen-bond acceptors (Lipinski definition) is 1. The standard InChI is InChI=1S/C13H24N2/c1-6-8-9-12(7-2)13-10(3)14-15(5)11(13)4/h12H,6-9H2,1-5H3. The van der Waals surface area contributed by atoms with Gasteiger partial charge in [0.25, 0.3) is 0 Å². The number of unbranched alkanes of at least 4 members (excludes halogenated alkanes) is 1. The van der Waals surface area contributed by atoms with E-state index >= 15 is 0 Å². The van der Waals surface area contributed by atoms with Crippen LogP contribution >= 0.6 is 0 Å². The number of aryl methyl sites for hydroxylation is 2. The Hall–Kier alpha value is -0.790. The summed E-state index contributed by atoms with van der Waals surface area (Å²) in [5.74, 6) is 0.707. The molecule has 0 aliphatic heterocycles. The third kappa shape index (κ3) is 2.61. The van der Waals surface area contributed by atoms with Gasteiger partial charge in [0.15, 0.2) is 0 Å². The van der Waals surface area contributed by atoms with Gasteiger partial charge in [-0.1, -0.05) is 26.7 Å². The monoisotopic (exact) mass is 208 g/mol. The van der Waals surface area contributed by atoms with Gasteiger partial charge in [0.2, 0.25) is 0 Å². The molecule has 0 amide bonds. The molecule has 0 fully saturated rings. The van der Waals surface area contributed by atoms with Crippen LogP contribution in [-0.4, -0.2) is 9.78 Å². The van der Waals surface area contributed by atoms with Crippen molar-refractivity contribution in [2.24, 2.45) is 7.05 Å². The first kappa shape index (κ1) is 12.3. The Morgan fingerprint density at radius 3 is 2.33 bits per heavy atom. The van der Waals surface area contributed by atoms with Gasteiger partial charge in [-0.25, -0.2) is 0 Å². The molecule has 1 atom stereocenters. The van der Waals surface area contributed by atoms with E-state index in [4.69, 9.17) is 0 Å². The topological polar surface area (TPSA) is 17.8 Å². The fourth-order valence-electron chi connectivity index (χ4n) is 2.38. The van der Waals surface area contributed by atoms with Crippen molar-refractivity contribution < 1.29 is 0 Å². The van der Waals surface area contributed by atoms with Gasteiger partial charge in [0.1, 0.15) is 0 Å². The van der Waals surface area contributed by atoms with Crippen LogP contribution in [0, 0.1) is 13.8 Å². The van der Waals surface area contributed by atoms with Crippen molar-refractivity contribution >= 4 is 0 Å². The lowest BCUT2D eigenvalue weighted by molar-refractivity contribution is 0.564. The molecule has 0 aliphatic carbocycles. The Balaban J connectivity index is 2.90. The van der Waals surface area contributed by atoms with Crippen LogP contribution in [0.4, 0.5) is 0 Å². The fourth-order valence-corrected chi connectivity index (χ4v) is 2.38. The molecule has 0 bridgehead atoms. The summed E-state index contributed by atoms with van der Waals surface area (Å²) in [6.45, 7) is 8.86. The summed E-state index contributed by atoms with van der Waals surface area (Å²) in [6, 6.07) is 0. The van der Waals surface area contributed by atoms with Crippen molar-refractivity contribution in [3.63, 3.8) is 0 Å². The minimum absolute atomic E-state index is 0.707. The third-order valence-corrected chi connectivity index (χ3v) is 3.37. The van der Waals surface area contributed by atoms with Crippen molar-refractivity contribution in [3.05, 3.63) is 17.0 Å². The van der Waals surface area contributed by atoms with Crippen molar-refractivity contribution in [1.29, 1.82) is 0 Å². The van der Waals surface area contributed by atoms with E-state index in [-0.39, 0.29) is 0 Å². The Labute approximate surface area is 93.7 Å². The molecule has 2 heteroatoms. The summed E-state index contributed by atoms with van der Waals surface area (Å²) in [5, 5.41) is 4.50. The maximum Gasteiger partial charge on any atom is 0.0631 e. The summed E-state index contributed by atoms with van der Waals surface area (Å²) in [5.41, 5.74) is 4.06. The van der Waals surface area contributed by atoms with Crippen molar-refractivity contribution in [1.82, 2.24) is 9.78 Å². The smallest absolute Gasteiger partial charge is 0.0631 e. The van der Waals surface area contributed by atoms with E-state index in [1.807, 2.05) is 11.7 Å². The van der Waals surface area contributed by atoms with Crippen LogP contribution < -0.4 is 0 Å². The second kappa shape index (κ2) is 5.34. The molecule has 1 aromatic heterocycles. The fraction of sp³-hybridized carbons (Fsp3) is 0.769. The molecule has 1 aromatic rings. The molecule has 0 aliphatic rings. The van der Waals surface area contributed by atoms with E-state index in [0.717, 1.165) is 0 Å². The molecule has 86 valence electrons. The van der Waals surface area contributed by atoms with E-state index in [9.17, 15) is 0 Å². The van der Waals surface area contributed by atoms with Crippen molar-refractivity contribution in [2.45, 2.75) is 59.3 Å². The predicted molar refractivity (Wildman–Crippen MR) is 65.2 cm³/mol. The van der Waals surface area contributed by atoms with Gasteiger partial charge in [0.05, 0.1) is 5.69 Å². The Bertz CT molecular complexity index is 313. The summed E-state index contributed by atoms with van der Waals surface area (Å²) >= 11 is 0. The van der Waals surface area contributed by atoms with Crippen LogP contribution in [-0.2, 0) is 7.05 Å². The molecule has 1 heterocycles. The van der Waals surface area contributed by atoms with Crippen LogP contribution in [0.5, 0.6) is 0 Å². The average molecular weight is 208 g/mol. The van der Waals surface area contributed by atoms with Crippen molar-refractivity contribution in [3.8, 4) is 0 Å². The lowest BCUT2D eigenvalue weighted by Crippen LogP contribution is -2.01. The van der Waals surface area contributed by atoms with E-state index < -0.39 is 0 Å². The molecule has 15 heavy (non-hydrogen) atoms. The summed E-state index contributed by atoms with van der Waals surface area (Å²) < 4.78 is 2.01. The largest absolute Gasteiger partial charge is 0.272 e. The number of aromatic nitrogens is 2. The summed E-state index contributed by atoms with van der Waals surface area (Å²) in [6.07, 6.45) is 5.15. The predicted octanol–water partition coefficient (Wildman–Crippen LogP) is 3.72. The first-order valence-corrected chi connectivity index (χ1v) is 6.11. The number of hydrogen-bond donors (Lipinski definition) is 0. The van der Waals surface area contributed by atoms with E-state index in [2.05, 4.69) is 32.8 Å². The minimum Gasteiger partial charge on any atom is -0.272 e. The van der Waals surface area contributed by atoms with Gasteiger partial charge in [-0.2, -0.15) is 5.10 Å². The van der Waals surface area contributed by atoms with Gasteiger partial charge in [0, 0.05) is 12.7 Å². The zero-order valence-electron chi connectivity index (χ0n) is 10.8. The Morgan fingerprint density at radius 2 is 1.93 bits per heavy atom. The molecule has 0 aromatic carbocycles. The van der Waals surface area contributed by atoms with Crippen LogP contribution in [0.25, 0.3) is 0 Å².